The molecule has 16 heavy (non-hydrogen) atoms. The van der Waals surface area contributed by atoms with Crippen LogP contribution in [0.15, 0.2) is 23.4 Å². The maximum Gasteiger partial charge on any atom is 0.488 e. The van der Waals surface area contributed by atoms with Gasteiger partial charge in [-0.3, -0.25) is 0 Å². The number of imidazole rings is 1. The van der Waals surface area contributed by atoms with Crippen LogP contribution in [0.4, 0.5) is 12.9 Å². The van der Waals surface area contributed by atoms with Crippen LogP contribution in [0.5, 0.6) is 0 Å². The van der Waals surface area contributed by atoms with Gasteiger partial charge in [-0.05, 0) is 30.3 Å². The Bertz CT molecular complexity index is 509. The topological polar surface area (TPSA) is 28.7 Å². The Morgan fingerprint density at radius 2 is 2.12 bits per heavy atom. The number of hydrogen-bond acceptors (Lipinski definition) is 2. The van der Waals surface area contributed by atoms with Crippen molar-refractivity contribution in [3.8, 4) is 0 Å². The predicted molar refractivity (Wildman–Crippen MR) is 60.6 cm³/mol. The van der Waals surface area contributed by atoms with Crippen molar-refractivity contribution >= 4 is 29.8 Å². The number of aromatic nitrogens is 2. The Labute approximate surface area is 94.7 Å². The number of nitrogens with one attached hydrogen (secondary N) is 1. The normalized spacial score (nSPS) is 12.2. The van der Waals surface area contributed by atoms with Gasteiger partial charge < -0.3 is 17.9 Å². The van der Waals surface area contributed by atoms with Crippen LogP contribution in [0.25, 0.3) is 11.0 Å². The fourth-order valence-electron chi connectivity index (χ4n) is 1.34. The number of thioether (sulfide) groups is 1. The summed E-state index contributed by atoms with van der Waals surface area (Å²) in [6, 6.07) is 5.54. The smallest absolute Gasteiger partial charge is 0.448 e. The molecule has 0 spiro atoms. The van der Waals surface area contributed by atoms with Crippen LogP contribution in [0.3, 0.4) is 0 Å². The summed E-state index contributed by atoms with van der Waals surface area (Å²) in [6.07, 6.45) is 0. The van der Waals surface area contributed by atoms with Gasteiger partial charge in [0.05, 0.1) is 11.0 Å². The summed E-state index contributed by atoms with van der Waals surface area (Å²) < 4.78 is 36.2. The van der Waals surface area contributed by atoms with E-state index in [0.717, 1.165) is 11.1 Å². The molecule has 86 valence electrons. The van der Waals surface area contributed by atoms with Gasteiger partial charge >= 0.3 is 6.98 Å². The highest BCUT2D eigenvalue weighted by Crippen LogP contribution is 2.24. The van der Waals surface area contributed by atoms with E-state index in [9.17, 15) is 12.9 Å². The first-order chi connectivity index (χ1) is 7.44. The molecule has 2 nitrogen and oxygen atoms in total. The van der Waals surface area contributed by atoms with E-state index in [1.54, 1.807) is 6.07 Å². The minimum Gasteiger partial charge on any atom is -0.448 e. The lowest BCUT2D eigenvalue weighted by molar-refractivity contribution is 0.485. The van der Waals surface area contributed by atoms with E-state index in [0.29, 0.717) is 22.4 Å². The van der Waals surface area contributed by atoms with Crippen LogP contribution in [0, 0.1) is 6.92 Å². The van der Waals surface area contributed by atoms with Gasteiger partial charge in [0.15, 0.2) is 5.16 Å². The van der Waals surface area contributed by atoms with E-state index in [2.05, 4.69) is 9.97 Å². The van der Waals surface area contributed by atoms with E-state index < -0.39 is 12.6 Å². The second-order valence-corrected chi connectivity index (χ2v) is 4.59. The molecular weight excluding hydrogens is 236 g/mol. The SMILES string of the molecule is Cc1ccc2nc(SC[B-](F)(F)F)[nH]c2c1. The molecule has 0 radical (unpaired) electrons. The summed E-state index contributed by atoms with van der Waals surface area (Å²) in [5, 5.41) is 0.319. The number of rotatable bonds is 3. The maximum atomic E-state index is 12.1. The Morgan fingerprint density at radius 1 is 1.38 bits per heavy atom. The van der Waals surface area contributed by atoms with E-state index in [-0.39, 0.29) is 0 Å². The van der Waals surface area contributed by atoms with E-state index >= 15 is 0 Å². The molecule has 0 aliphatic carbocycles. The van der Waals surface area contributed by atoms with Crippen molar-refractivity contribution in [1.82, 2.24) is 9.97 Å². The Kier molecular flexibility index (Phi) is 2.88. The molecule has 2 rings (SSSR count). The number of aromatic amines is 1. The van der Waals surface area contributed by atoms with Crippen molar-refractivity contribution in [3.63, 3.8) is 0 Å². The van der Waals surface area contributed by atoms with Gasteiger partial charge in [0.25, 0.3) is 0 Å². The number of fused-ring (bicyclic) bond motifs is 1. The van der Waals surface area contributed by atoms with E-state index in [1.807, 2.05) is 19.1 Å². The van der Waals surface area contributed by atoms with Crippen molar-refractivity contribution < 1.29 is 12.9 Å². The summed E-state index contributed by atoms with van der Waals surface area (Å²) in [6.45, 7) is -2.84. The van der Waals surface area contributed by atoms with Gasteiger partial charge in [0.2, 0.25) is 0 Å². The van der Waals surface area contributed by atoms with Gasteiger partial charge in [-0.25, -0.2) is 4.98 Å². The zero-order chi connectivity index (χ0) is 11.8. The van der Waals surface area contributed by atoms with Crippen LogP contribution in [0.1, 0.15) is 5.56 Å². The third-order valence-electron chi connectivity index (χ3n) is 2.02. The summed E-state index contributed by atoms with van der Waals surface area (Å²) in [7, 11) is 0. The highest BCUT2D eigenvalue weighted by atomic mass is 32.2. The second kappa shape index (κ2) is 4.05. The van der Waals surface area contributed by atoms with Crippen LogP contribution in [0.2, 0.25) is 0 Å². The monoisotopic (exact) mass is 245 g/mol. The molecule has 0 amide bonds. The fraction of sp³-hybridized carbons (Fsp3) is 0.222. The molecule has 0 bridgehead atoms. The first-order valence-electron chi connectivity index (χ1n) is 4.74. The maximum absolute atomic E-state index is 12.1. The average molecular weight is 245 g/mol. The Hall–Kier alpha value is -1.11. The average Bonchev–Trinajstić information content (AvgIpc) is 2.55. The first kappa shape index (κ1) is 11.4. The molecule has 0 fully saturated rings. The molecule has 0 unspecified atom stereocenters. The third-order valence-corrected chi connectivity index (χ3v) is 3.04. The molecule has 0 atom stereocenters. The lowest BCUT2D eigenvalue weighted by Crippen LogP contribution is -2.19. The molecule has 1 heterocycles. The zero-order valence-electron chi connectivity index (χ0n) is 8.51. The number of benzene rings is 1. The molecule has 1 N–H and O–H groups in total. The second-order valence-electron chi connectivity index (χ2n) is 3.58. The van der Waals surface area contributed by atoms with Crippen LogP contribution in [-0.4, -0.2) is 22.6 Å². The van der Waals surface area contributed by atoms with Gasteiger partial charge in [-0.15, -0.1) is 11.8 Å². The number of aryl methyl sites for hydroxylation is 1. The zero-order valence-corrected chi connectivity index (χ0v) is 9.32. The summed E-state index contributed by atoms with van der Waals surface area (Å²) in [5.74, 6) is 0. The summed E-state index contributed by atoms with van der Waals surface area (Å²) in [5.41, 5.74) is 1.66. The largest absolute Gasteiger partial charge is 0.488 e. The minimum absolute atomic E-state index is 0.319. The summed E-state index contributed by atoms with van der Waals surface area (Å²) in [4.78, 5) is 6.95. The highest BCUT2D eigenvalue weighted by Gasteiger charge is 2.23. The van der Waals surface area contributed by atoms with E-state index in [4.69, 9.17) is 0 Å². The predicted octanol–water partition coefficient (Wildman–Crippen LogP) is 3.35. The van der Waals surface area contributed by atoms with Crippen LogP contribution >= 0.6 is 11.8 Å². The minimum atomic E-state index is -4.77. The molecule has 1 aromatic carbocycles. The number of hydrogen-bond donors (Lipinski definition) is 1. The highest BCUT2D eigenvalue weighted by molar-refractivity contribution is 8.00. The standard InChI is InChI=1S/C9H9BF3N2S/c1-6-2-3-7-8(4-6)15-9(14-7)16-5-10(11,12)13/h2-4H,5H2,1H3,(H,14,15)/q-1. The molecule has 2 aromatic rings. The van der Waals surface area contributed by atoms with Crippen LogP contribution in [-0.2, 0) is 0 Å². The first-order valence-corrected chi connectivity index (χ1v) is 5.73. The molecular formula is C9H9BF3N2S-. The molecule has 7 heteroatoms. The van der Waals surface area contributed by atoms with Crippen molar-refractivity contribution in [2.45, 2.75) is 12.1 Å². The van der Waals surface area contributed by atoms with Gasteiger partial charge in [0, 0.05) is 0 Å². The van der Waals surface area contributed by atoms with Gasteiger partial charge in [-0.1, -0.05) is 6.07 Å². The number of H-pyrrole nitrogens is 1. The fourth-order valence-corrected chi connectivity index (χ4v) is 2.03. The van der Waals surface area contributed by atoms with Crippen molar-refractivity contribution in [2.24, 2.45) is 0 Å². The number of halogens is 3. The lowest BCUT2D eigenvalue weighted by atomic mass is 9.98. The molecule has 0 aliphatic heterocycles. The van der Waals surface area contributed by atoms with E-state index in [1.165, 1.54) is 0 Å². The lowest BCUT2D eigenvalue weighted by Gasteiger charge is -2.10. The summed E-state index contributed by atoms with van der Waals surface area (Å²) >= 11 is 0.695. The van der Waals surface area contributed by atoms with Gasteiger partial charge in [-0.2, -0.15) is 0 Å². The molecule has 1 aromatic heterocycles. The Balaban J connectivity index is 2.20. The number of nitrogens with zero attached hydrogens (tertiary/aromatic N) is 1. The molecule has 0 saturated heterocycles. The van der Waals surface area contributed by atoms with Crippen LogP contribution < -0.4 is 0 Å². The quantitative estimate of drug-likeness (QED) is 0.663. The van der Waals surface area contributed by atoms with Crippen molar-refractivity contribution in [3.05, 3.63) is 23.8 Å². The third kappa shape index (κ3) is 2.72. The Morgan fingerprint density at radius 3 is 2.81 bits per heavy atom. The van der Waals surface area contributed by atoms with Gasteiger partial charge in [0.1, 0.15) is 0 Å². The molecule has 0 aliphatic rings. The van der Waals surface area contributed by atoms with Crippen molar-refractivity contribution in [2.75, 3.05) is 5.65 Å². The molecule has 0 saturated carbocycles. The van der Waals surface area contributed by atoms with Crippen molar-refractivity contribution in [1.29, 1.82) is 0 Å².